The second-order valence-corrected chi connectivity index (χ2v) is 6.16. The Morgan fingerprint density at radius 1 is 1.40 bits per heavy atom. The van der Waals surface area contributed by atoms with Gasteiger partial charge in [-0.25, -0.2) is 4.39 Å². The van der Waals surface area contributed by atoms with Gasteiger partial charge >= 0.3 is 0 Å². The highest BCUT2D eigenvalue weighted by Gasteiger charge is 2.48. The van der Waals surface area contributed by atoms with Crippen molar-refractivity contribution in [2.75, 3.05) is 6.54 Å². The van der Waals surface area contributed by atoms with Gasteiger partial charge < -0.3 is 10.1 Å². The number of benzene rings is 1. The summed E-state index contributed by atoms with van der Waals surface area (Å²) < 4.78 is 19.9. The zero-order chi connectivity index (χ0) is 14.2. The normalized spacial score (nSPS) is 32.1. The first kappa shape index (κ1) is 13.9. The Labute approximate surface area is 120 Å². The molecule has 1 aliphatic carbocycles. The highest BCUT2D eigenvalue weighted by Crippen LogP contribution is 2.50. The van der Waals surface area contributed by atoms with E-state index < -0.39 is 0 Å². The third kappa shape index (κ3) is 2.22. The molecule has 3 rings (SSSR count). The maximum atomic E-state index is 13.5. The summed E-state index contributed by atoms with van der Waals surface area (Å²) in [6, 6.07) is 5.16. The molecule has 1 aromatic rings. The molecule has 1 heterocycles. The lowest BCUT2D eigenvalue weighted by Crippen LogP contribution is -2.46. The fourth-order valence-corrected chi connectivity index (χ4v) is 4.12. The minimum Gasteiger partial charge on any atom is -0.487 e. The second kappa shape index (κ2) is 5.36. The minimum absolute atomic E-state index is 0.0353. The molecule has 0 amide bonds. The molecule has 20 heavy (non-hydrogen) atoms. The minimum atomic E-state index is -0.176. The molecule has 1 spiro atoms. The van der Waals surface area contributed by atoms with Gasteiger partial charge in [0.1, 0.15) is 17.2 Å². The first-order valence-corrected chi connectivity index (χ1v) is 7.90. The van der Waals surface area contributed by atoms with Crippen LogP contribution in [-0.4, -0.2) is 12.1 Å². The van der Waals surface area contributed by atoms with Crippen molar-refractivity contribution in [1.82, 2.24) is 5.32 Å². The van der Waals surface area contributed by atoms with Crippen LogP contribution in [0.15, 0.2) is 18.2 Å². The Balaban J connectivity index is 1.98. The molecule has 0 saturated heterocycles. The predicted molar refractivity (Wildman–Crippen MR) is 78.4 cm³/mol. The molecule has 1 aliphatic heterocycles. The molecule has 1 aromatic carbocycles. The van der Waals surface area contributed by atoms with Crippen LogP contribution in [0.3, 0.4) is 0 Å². The van der Waals surface area contributed by atoms with Crippen molar-refractivity contribution in [2.45, 2.75) is 57.6 Å². The Hall–Kier alpha value is -1.09. The van der Waals surface area contributed by atoms with Gasteiger partial charge in [-0.1, -0.05) is 13.8 Å². The van der Waals surface area contributed by atoms with Crippen molar-refractivity contribution in [3.63, 3.8) is 0 Å². The van der Waals surface area contributed by atoms with Crippen molar-refractivity contribution in [2.24, 2.45) is 5.92 Å². The number of ether oxygens (including phenoxy) is 1. The van der Waals surface area contributed by atoms with Crippen molar-refractivity contribution in [1.29, 1.82) is 0 Å². The van der Waals surface area contributed by atoms with Crippen molar-refractivity contribution < 1.29 is 9.13 Å². The second-order valence-electron chi connectivity index (χ2n) is 6.16. The highest BCUT2D eigenvalue weighted by atomic mass is 19.1. The molecule has 1 saturated carbocycles. The van der Waals surface area contributed by atoms with Gasteiger partial charge in [0.15, 0.2) is 0 Å². The zero-order valence-electron chi connectivity index (χ0n) is 12.4. The van der Waals surface area contributed by atoms with Crippen molar-refractivity contribution in [3.8, 4) is 5.75 Å². The van der Waals surface area contributed by atoms with Gasteiger partial charge in [-0.15, -0.1) is 0 Å². The molecule has 0 bridgehead atoms. The molecule has 110 valence electrons. The van der Waals surface area contributed by atoms with Gasteiger partial charge in [-0.2, -0.15) is 0 Å². The van der Waals surface area contributed by atoms with Gasteiger partial charge in [0, 0.05) is 18.0 Å². The van der Waals surface area contributed by atoms with Crippen LogP contribution in [-0.2, 0) is 0 Å². The summed E-state index contributed by atoms with van der Waals surface area (Å²) in [7, 11) is 0. The van der Waals surface area contributed by atoms with E-state index in [0.29, 0.717) is 5.92 Å². The van der Waals surface area contributed by atoms with Crippen molar-refractivity contribution >= 4 is 0 Å². The summed E-state index contributed by atoms with van der Waals surface area (Å²) in [5.74, 6) is 1.33. The molecular weight excluding hydrogens is 253 g/mol. The number of hydrogen-bond donors (Lipinski definition) is 1. The summed E-state index contributed by atoms with van der Waals surface area (Å²) in [5, 5.41) is 3.52. The van der Waals surface area contributed by atoms with E-state index in [0.717, 1.165) is 37.1 Å². The van der Waals surface area contributed by atoms with Gasteiger partial charge in [0.2, 0.25) is 0 Å². The predicted octanol–water partition coefficient (Wildman–Crippen LogP) is 4.21. The fourth-order valence-electron chi connectivity index (χ4n) is 4.12. The lowest BCUT2D eigenvalue weighted by atomic mass is 9.79. The van der Waals surface area contributed by atoms with Crippen molar-refractivity contribution in [3.05, 3.63) is 29.6 Å². The lowest BCUT2D eigenvalue weighted by molar-refractivity contribution is -0.00552. The fraction of sp³-hybridized carbons (Fsp3) is 0.647. The van der Waals surface area contributed by atoms with E-state index in [1.807, 2.05) is 0 Å². The molecular formula is C17H24FNO. The van der Waals surface area contributed by atoms with Crippen LogP contribution >= 0.6 is 0 Å². The molecule has 0 aromatic heterocycles. The van der Waals surface area contributed by atoms with Gasteiger partial charge in [-0.3, -0.25) is 0 Å². The summed E-state index contributed by atoms with van der Waals surface area (Å²) >= 11 is 0. The zero-order valence-corrected chi connectivity index (χ0v) is 12.4. The van der Waals surface area contributed by atoms with E-state index in [-0.39, 0.29) is 17.5 Å². The SMILES string of the molecule is CCNC1CC2(CCCC2CC)Oc2ccc(F)cc21. The van der Waals surface area contributed by atoms with E-state index in [9.17, 15) is 4.39 Å². The summed E-state index contributed by atoms with van der Waals surface area (Å²) in [6.45, 7) is 5.25. The monoisotopic (exact) mass is 277 g/mol. The summed E-state index contributed by atoms with van der Waals surface area (Å²) in [4.78, 5) is 0. The van der Waals surface area contributed by atoms with E-state index in [1.54, 1.807) is 12.1 Å². The van der Waals surface area contributed by atoms with Gasteiger partial charge in [-0.05, 0) is 56.3 Å². The van der Waals surface area contributed by atoms with Crippen LogP contribution < -0.4 is 10.1 Å². The van der Waals surface area contributed by atoms with E-state index in [1.165, 1.54) is 18.9 Å². The van der Waals surface area contributed by atoms with Crippen LogP contribution in [0, 0.1) is 11.7 Å². The Kier molecular flexibility index (Phi) is 3.72. The van der Waals surface area contributed by atoms with E-state index >= 15 is 0 Å². The number of halogens is 1. The molecule has 3 heteroatoms. The van der Waals surface area contributed by atoms with E-state index in [4.69, 9.17) is 4.74 Å². The number of hydrogen-bond acceptors (Lipinski definition) is 2. The third-order valence-corrected chi connectivity index (χ3v) is 5.05. The average molecular weight is 277 g/mol. The van der Waals surface area contributed by atoms with Crippen LogP contribution in [0.4, 0.5) is 4.39 Å². The topological polar surface area (TPSA) is 21.3 Å². The molecule has 2 nitrogen and oxygen atoms in total. The first-order chi connectivity index (χ1) is 9.68. The summed E-state index contributed by atoms with van der Waals surface area (Å²) in [6.07, 6.45) is 5.76. The molecule has 1 N–H and O–H groups in total. The number of nitrogens with one attached hydrogen (secondary N) is 1. The van der Waals surface area contributed by atoms with Crippen LogP contribution in [0.1, 0.15) is 57.6 Å². The van der Waals surface area contributed by atoms with E-state index in [2.05, 4.69) is 19.2 Å². The summed E-state index contributed by atoms with van der Waals surface area (Å²) in [5.41, 5.74) is 0.950. The molecule has 3 atom stereocenters. The standard InChI is InChI=1S/C17H24FNO/c1-3-12-6-5-9-17(12)11-15(19-4-2)14-10-13(18)7-8-16(14)20-17/h7-8,10,12,15,19H,3-6,9,11H2,1-2H3. The molecule has 3 unspecified atom stereocenters. The average Bonchev–Trinajstić information content (AvgIpc) is 2.82. The Morgan fingerprint density at radius 3 is 3.00 bits per heavy atom. The van der Waals surface area contributed by atoms with Gasteiger partial charge in [0.25, 0.3) is 0 Å². The van der Waals surface area contributed by atoms with Gasteiger partial charge in [0.05, 0.1) is 0 Å². The largest absolute Gasteiger partial charge is 0.487 e. The van der Waals surface area contributed by atoms with Crippen LogP contribution in [0.25, 0.3) is 0 Å². The first-order valence-electron chi connectivity index (χ1n) is 7.90. The number of rotatable bonds is 3. The lowest BCUT2D eigenvalue weighted by Gasteiger charge is -2.43. The maximum Gasteiger partial charge on any atom is 0.125 e. The number of fused-ring (bicyclic) bond motifs is 1. The third-order valence-electron chi connectivity index (χ3n) is 5.05. The maximum absolute atomic E-state index is 13.5. The smallest absolute Gasteiger partial charge is 0.125 e. The quantitative estimate of drug-likeness (QED) is 0.893. The molecule has 0 radical (unpaired) electrons. The molecule has 1 fully saturated rings. The van der Waals surface area contributed by atoms with Crippen LogP contribution in [0.5, 0.6) is 5.75 Å². The van der Waals surface area contributed by atoms with Crippen LogP contribution in [0.2, 0.25) is 0 Å². The highest BCUT2D eigenvalue weighted by molar-refractivity contribution is 5.40. The Morgan fingerprint density at radius 2 is 2.25 bits per heavy atom. The Bertz CT molecular complexity index is 490. The molecule has 2 aliphatic rings.